The molecule has 0 aliphatic carbocycles. The number of methoxy groups -OCH3 is 1. The number of carbonyl (C=O) groups is 1. The number of nitrogens with zero attached hydrogens (tertiary/aromatic N) is 2. The topological polar surface area (TPSA) is 85.1 Å². The van der Waals surface area contributed by atoms with Crippen LogP contribution in [0.3, 0.4) is 0 Å². The molecule has 7 heteroatoms. The molecule has 0 saturated heterocycles. The van der Waals surface area contributed by atoms with Crippen molar-refractivity contribution in [2.45, 2.75) is 13.5 Å². The monoisotopic (exact) mass is 367 g/mol. The van der Waals surface area contributed by atoms with Crippen molar-refractivity contribution in [3.05, 3.63) is 60.1 Å². The van der Waals surface area contributed by atoms with Crippen LogP contribution in [0.25, 0.3) is 11.7 Å². The molecular formula is C20H21N3O4. The number of nitrogens with one attached hydrogen (secondary N) is 1. The van der Waals surface area contributed by atoms with Crippen LogP contribution in [-0.4, -0.2) is 34.1 Å². The smallest absolute Gasteiger partial charge is 0.244 e. The molecule has 0 bridgehead atoms. The van der Waals surface area contributed by atoms with Gasteiger partial charge in [0, 0.05) is 18.5 Å². The zero-order chi connectivity index (χ0) is 19.2. The predicted molar refractivity (Wildman–Crippen MR) is 102 cm³/mol. The highest BCUT2D eigenvalue weighted by Crippen LogP contribution is 2.28. The summed E-state index contributed by atoms with van der Waals surface area (Å²) in [5.41, 5.74) is 1.93. The maximum Gasteiger partial charge on any atom is 0.244 e. The van der Waals surface area contributed by atoms with Crippen molar-refractivity contribution in [2.24, 2.45) is 0 Å². The molecule has 0 unspecified atom stereocenters. The highest BCUT2D eigenvalue weighted by Gasteiger charge is 2.07. The van der Waals surface area contributed by atoms with Crippen LogP contribution < -0.4 is 14.8 Å². The number of benzene rings is 1. The number of amides is 1. The first-order chi connectivity index (χ1) is 13.1. The summed E-state index contributed by atoms with van der Waals surface area (Å²) in [5.74, 6) is 1.13. The molecule has 0 spiro atoms. The second-order valence-electron chi connectivity index (χ2n) is 5.75. The summed E-state index contributed by atoms with van der Waals surface area (Å²) in [6, 6.07) is 8.75. The Kier molecular flexibility index (Phi) is 5.61. The number of pyridine rings is 1. The molecule has 7 nitrogen and oxygen atoms in total. The Bertz CT molecular complexity index is 979. The lowest BCUT2D eigenvalue weighted by Crippen LogP contribution is -2.20. The normalized spacial score (nSPS) is 11.0. The van der Waals surface area contributed by atoms with Crippen LogP contribution in [-0.2, 0) is 11.3 Å². The van der Waals surface area contributed by atoms with E-state index in [1.54, 1.807) is 48.2 Å². The molecule has 1 aromatic carbocycles. The maximum absolute atomic E-state index is 12.1. The minimum absolute atomic E-state index is 0.0967. The minimum atomic E-state index is -0.246. The van der Waals surface area contributed by atoms with E-state index in [1.807, 2.05) is 19.1 Å². The zero-order valence-corrected chi connectivity index (χ0v) is 15.2. The Balaban J connectivity index is 1.62. The van der Waals surface area contributed by atoms with Gasteiger partial charge in [-0.25, -0.2) is 4.98 Å². The fraction of sp³-hybridized carbons (Fsp3) is 0.200. The van der Waals surface area contributed by atoms with E-state index in [4.69, 9.17) is 9.47 Å². The second-order valence-corrected chi connectivity index (χ2v) is 5.75. The van der Waals surface area contributed by atoms with E-state index in [-0.39, 0.29) is 18.2 Å². The SMILES string of the molecule is CCOc1ccc(/C=C/C(=O)NCc2cn3cccc(O)c3n2)cc1OC. The van der Waals surface area contributed by atoms with Crippen LogP contribution in [0.15, 0.2) is 48.8 Å². The average molecular weight is 367 g/mol. The number of aromatic nitrogens is 2. The van der Waals surface area contributed by atoms with Crippen LogP contribution in [0.5, 0.6) is 17.2 Å². The third-order valence-electron chi connectivity index (χ3n) is 3.87. The first-order valence-corrected chi connectivity index (χ1v) is 8.53. The van der Waals surface area contributed by atoms with Gasteiger partial charge in [0.1, 0.15) is 0 Å². The first-order valence-electron chi connectivity index (χ1n) is 8.53. The summed E-state index contributed by atoms with van der Waals surface area (Å²) in [4.78, 5) is 16.4. The van der Waals surface area contributed by atoms with Gasteiger partial charge < -0.3 is 24.3 Å². The number of ether oxygens (including phenoxy) is 2. The van der Waals surface area contributed by atoms with Crippen LogP contribution in [0, 0.1) is 0 Å². The van der Waals surface area contributed by atoms with Crippen molar-refractivity contribution in [1.82, 2.24) is 14.7 Å². The van der Waals surface area contributed by atoms with Crippen LogP contribution in [0.4, 0.5) is 0 Å². The number of fused-ring (bicyclic) bond motifs is 1. The highest BCUT2D eigenvalue weighted by molar-refractivity contribution is 5.91. The quantitative estimate of drug-likeness (QED) is 0.627. The van der Waals surface area contributed by atoms with E-state index in [2.05, 4.69) is 10.3 Å². The Hall–Kier alpha value is -3.48. The third kappa shape index (κ3) is 4.38. The number of hydrogen-bond donors (Lipinski definition) is 2. The molecule has 2 aromatic heterocycles. The van der Waals surface area contributed by atoms with Crippen molar-refractivity contribution in [3.63, 3.8) is 0 Å². The molecule has 0 aliphatic rings. The Morgan fingerprint density at radius 2 is 2.19 bits per heavy atom. The Morgan fingerprint density at radius 3 is 2.93 bits per heavy atom. The van der Waals surface area contributed by atoms with Crippen LogP contribution >= 0.6 is 0 Å². The van der Waals surface area contributed by atoms with E-state index in [1.165, 1.54) is 6.08 Å². The fourth-order valence-electron chi connectivity index (χ4n) is 2.61. The van der Waals surface area contributed by atoms with Gasteiger partial charge in [-0.15, -0.1) is 0 Å². The molecule has 1 amide bonds. The van der Waals surface area contributed by atoms with Gasteiger partial charge in [0.05, 0.1) is 26.0 Å². The molecule has 0 saturated carbocycles. The lowest BCUT2D eigenvalue weighted by molar-refractivity contribution is -0.116. The number of aromatic hydroxyl groups is 1. The second kappa shape index (κ2) is 8.27. The van der Waals surface area contributed by atoms with Crippen LogP contribution in [0.2, 0.25) is 0 Å². The molecule has 27 heavy (non-hydrogen) atoms. The molecule has 0 radical (unpaired) electrons. The van der Waals surface area contributed by atoms with Gasteiger partial charge in [-0.2, -0.15) is 0 Å². The third-order valence-corrected chi connectivity index (χ3v) is 3.87. The van der Waals surface area contributed by atoms with Gasteiger partial charge >= 0.3 is 0 Å². The lowest BCUT2D eigenvalue weighted by Gasteiger charge is -2.09. The van der Waals surface area contributed by atoms with Gasteiger partial charge in [-0.1, -0.05) is 6.07 Å². The van der Waals surface area contributed by atoms with Crippen LogP contribution in [0.1, 0.15) is 18.2 Å². The molecular weight excluding hydrogens is 346 g/mol. The minimum Gasteiger partial charge on any atom is -0.504 e. The number of carbonyl (C=O) groups excluding carboxylic acids is 1. The predicted octanol–water partition coefficient (Wildman–Crippen LogP) is 2.78. The summed E-state index contributed by atoms with van der Waals surface area (Å²) in [7, 11) is 1.57. The summed E-state index contributed by atoms with van der Waals surface area (Å²) in [6.07, 6.45) is 6.69. The van der Waals surface area contributed by atoms with Crippen molar-refractivity contribution < 1.29 is 19.4 Å². The number of imidazole rings is 1. The number of hydrogen-bond acceptors (Lipinski definition) is 5. The van der Waals surface area contributed by atoms with E-state index in [9.17, 15) is 9.90 Å². The van der Waals surface area contributed by atoms with Gasteiger partial charge in [-0.05, 0) is 42.8 Å². The van der Waals surface area contributed by atoms with Crippen molar-refractivity contribution in [3.8, 4) is 17.2 Å². The Labute approximate surface area is 156 Å². The van der Waals surface area contributed by atoms with Crippen molar-refractivity contribution >= 4 is 17.6 Å². The van der Waals surface area contributed by atoms with E-state index in [0.717, 1.165) is 5.56 Å². The van der Waals surface area contributed by atoms with Crippen molar-refractivity contribution in [2.75, 3.05) is 13.7 Å². The molecule has 3 aromatic rings. The lowest BCUT2D eigenvalue weighted by atomic mass is 10.2. The zero-order valence-electron chi connectivity index (χ0n) is 15.2. The largest absolute Gasteiger partial charge is 0.504 e. The summed E-state index contributed by atoms with van der Waals surface area (Å²) in [6.45, 7) is 2.72. The first kappa shape index (κ1) is 18.3. The van der Waals surface area contributed by atoms with Crippen molar-refractivity contribution in [1.29, 1.82) is 0 Å². The van der Waals surface area contributed by atoms with E-state index < -0.39 is 0 Å². The van der Waals surface area contributed by atoms with Gasteiger partial charge in [0.15, 0.2) is 22.9 Å². The molecule has 0 aliphatic heterocycles. The molecule has 0 fully saturated rings. The summed E-state index contributed by atoms with van der Waals surface area (Å²) >= 11 is 0. The molecule has 0 atom stereocenters. The summed E-state index contributed by atoms with van der Waals surface area (Å²) < 4.78 is 12.5. The maximum atomic E-state index is 12.1. The highest BCUT2D eigenvalue weighted by atomic mass is 16.5. The van der Waals surface area contributed by atoms with Gasteiger partial charge in [0.2, 0.25) is 5.91 Å². The van der Waals surface area contributed by atoms with E-state index >= 15 is 0 Å². The molecule has 140 valence electrons. The standard InChI is InChI=1S/C20H21N3O4/c1-3-27-17-8-6-14(11-18(17)26-2)7-9-19(25)21-12-15-13-23-10-4-5-16(24)20(23)22-15/h4-11,13,24H,3,12H2,1-2H3,(H,21,25)/b9-7+. The van der Waals surface area contributed by atoms with Gasteiger partial charge in [0.25, 0.3) is 0 Å². The van der Waals surface area contributed by atoms with E-state index in [0.29, 0.717) is 29.4 Å². The average Bonchev–Trinajstić information content (AvgIpc) is 3.10. The molecule has 2 heterocycles. The van der Waals surface area contributed by atoms with Gasteiger partial charge in [-0.3, -0.25) is 4.79 Å². The fourth-order valence-corrected chi connectivity index (χ4v) is 2.61. The molecule has 2 N–H and O–H groups in total. The Morgan fingerprint density at radius 1 is 1.33 bits per heavy atom. The molecule has 3 rings (SSSR count). The summed E-state index contributed by atoms with van der Waals surface area (Å²) in [5, 5.41) is 12.5. The number of rotatable bonds is 7.